The van der Waals surface area contributed by atoms with Crippen molar-refractivity contribution in [1.29, 1.82) is 0 Å². The van der Waals surface area contributed by atoms with Crippen LogP contribution in [-0.2, 0) is 0 Å². The lowest BCUT2D eigenvalue weighted by atomic mass is 9.62. The topological polar surface area (TPSA) is 43.4 Å². The van der Waals surface area contributed by atoms with Crippen LogP contribution in [0.5, 0.6) is 5.75 Å². The first-order valence-corrected chi connectivity index (χ1v) is 8.41. The van der Waals surface area contributed by atoms with E-state index in [0.717, 1.165) is 25.7 Å². The van der Waals surface area contributed by atoms with Crippen molar-refractivity contribution in [2.24, 2.45) is 23.2 Å². The fraction of sp³-hybridized carbons (Fsp3) is 0.579. The van der Waals surface area contributed by atoms with Crippen molar-refractivity contribution in [3.8, 4) is 5.75 Å². The van der Waals surface area contributed by atoms with Gasteiger partial charge in [0.2, 0.25) is 0 Å². The van der Waals surface area contributed by atoms with Crippen LogP contribution in [0.1, 0.15) is 60.2 Å². The zero-order valence-corrected chi connectivity index (χ0v) is 13.2. The highest BCUT2D eigenvalue weighted by molar-refractivity contribution is 6.18. The van der Waals surface area contributed by atoms with Gasteiger partial charge in [0.25, 0.3) is 0 Å². The molecule has 4 rings (SSSR count). The Labute approximate surface area is 131 Å². The summed E-state index contributed by atoms with van der Waals surface area (Å²) < 4.78 is 5.75. The number of Topliss-reactive ketones (excluding diaryl/α,β-unsaturated/α-hetero) is 2. The van der Waals surface area contributed by atoms with Gasteiger partial charge < -0.3 is 4.74 Å². The van der Waals surface area contributed by atoms with Crippen LogP contribution in [0, 0.1) is 23.2 Å². The molecule has 1 aromatic rings. The van der Waals surface area contributed by atoms with Crippen molar-refractivity contribution in [2.45, 2.75) is 39.5 Å². The van der Waals surface area contributed by atoms with Crippen LogP contribution in [0.3, 0.4) is 0 Å². The average Bonchev–Trinajstić information content (AvgIpc) is 3.04. The third-order valence-electron chi connectivity index (χ3n) is 6.02. The minimum atomic E-state index is -0.106. The number of hydrogen-bond acceptors (Lipinski definition) is 3. The van der Waals surface area contributed by atoms with E-state index in [0.29, 0.717) is 29.4 Å². The van der Waals surface area contributed by atoms with Crippen molar-refractivity contribution < 1.29 is 14.3 Å². The second-order valence-corrected chi connectivity index (χ2v) is 7.42. The number of hydrogen-bond donors (Lipinski definition) is 0. The average molecular weight is 298 g/mol. The Kier molecular flexibility index (Phi) is 2.97. The maximum absolute atomic E-state index is 13.1. The number of rotatable bonds is 3. The molecule has 0 radical (unpaired) electrons. The summed E-state index contributed by atoms with van der Waals surface area (Å²) in [4.78, 5) is 26.2. The summed E-state index contributed by atoms with van der Waals surface area (Å²) in [6, 6.07) is 5.47. The maximum atomic E-state index is 13.1. The molecular formula is C19H22O3. The Hall–Kier alpha value is -1.64. The molecule has 0 aliphatic heterocycles. The number of fused-ring (bicyclic) bond motifs is 6. The molecule has 2 saturated carbocycles. The number of carbonyl (C=O) groups excluding carboxylic acids is 2. The fourth-order valence-electron chi connectivity index (χ4n) is 5.12. The highest BCUT2D eigenvalue weighted by Crippen LogP contribution is 2.63. The molecule has 2 fully saturated rings. The number of carbonyl (C=O) groups is 2. The summed E-state index contributed by atoms with van der Waals surface area (Å²) in [6.45, 7) is 4.81. The van der Waals surface area contributed by atoms with Crippen LogP contribution < -0.4 is 4.74 Å². The molecule has 22 heavy (non-hydrogen) atoms. The van der Waals surface area contributed by atoms with Crippen LogP contribution in [0.4, 0.5) is 0 Å². The van der Waals surface area contributed by atoms with Gasteiger partial charge >= 0.3 is 0 Å². The van der Waals surface area contributed by atoms with E-state index in [9.17, 15) is 9.59 Å². The summed E-state index contributed by atoms with van der Waals surface area (Å²) >= 11 is 0. The standard InChI is InChI=1S/C19H22O3/c1-3-9-22-13-6-4-5-12-15(13)18(21)14-11-7-8-19(2,10-11)16(14)17(12)20/h4-6,11,14,16H,3,7-10H2,1-2H3. The molecule has 3 aliphatic rings. The first-order valence-electron chi connectivity index (χ1n) is 8.41. The molecule has 0 N–H and O–H groups in total. The van der Waals surface area contributed by atoms with Gasteiger partial charge in [-0.15, -0.1) is 0 Å². The van der Waals surface area contributed by atoms with Crippen LogP contribution >= 0.6 is 0 Å². The van der Waals surface area contributed by atoms with Crippen LogP contribution in [0.15, 0.2) is 18.2 Å². The Morgan fingerprint density at radius 1 is 1.27 bits per heavy atom. The maximum Gasteiger partial charge on any atom is 0.171 e. The molecule has 4 atom stereocenters. The van der Waals surface area contributed by atoms with Crippen molar-refractivity contribution in [3.05, 3.63) is 29.3 Å². The van der Waals surface area contributed by atoms with Crippen molar-refractivity contribution >= 4 is 11.6 Å². The first-order chi connectivity index (χ1) is 10.6. The van der Waals surface area contributed by atoms with E-state index in [2.05, 4.69) is 6.92 Å². The third kappa shape index (κ3) is 1.68. The van der Waals surface area contributed by atoms with E-state index in [1.165, 1.54) is 0 Å². The van der Waals surface area contributed by atoms with Crippen molar-refractivity contribution in [2.75, 3.05) is 6.61 Å². The largest absolute Gasteiger partial charge is 0.493 e. The SMILES string of the molecule is CCCOc1cccc2c1C(=O)C1C3CCC(C)(C3)C1C2=O. The van der Waals surface area contributed by atoms with Gasteiger partial charge in [0.1, 0.15) is 5.75 Å². The highest BCUT2D eigenvalue weighted by Gasteiger charge is 2.62. The lowest BCUT2D eigenvalue weighted by molar-refractivity contribution is 0.0569. The molecule has 2 bridgehead atoms. The van der Waals surface area contributed by atoms with E-state index in [1.807, 2.05) is 19.1 Å². The van der Waals surface area contributed by atoms with Gasteiger partial charge in [-0.3, -0.25) is 9.59 Å². The van der Waals surface area contributed by atoms with E-state index in [4.69, 9.17) is 4.74 Å². The Morgan fingerprint density at radius 2 is 2.09 bits per heavy atom. The van der Waals surface area contributed by atoms with Crippen LogP contribution in [0.25, 0.3) is 0 Å². The van der Waals surface area contributed by atoms with E-state index >= 15 is 0 Å². The summed E-state index contributed by atoms with van der Waals surface area (Å²) in [5.74, 6) is 1.10. The van der Waals surface area contributed by atoms with Gasteiger partial charge in [0, 0.05) is 17.4 Å². The fourth-order valence-corrected chi connectivity index (χ4v) is 5.12. The molecule has 1 aromatic carbocycles. The minimum Gasteiger partial charge on any atom is -0.493 e. The number of ether oxygens (including phenoxy) is 1. The Bertz CT molecular complexity index is 663. The molecule has 3 aliphatic carbocycles. The van der Waals surface area contributed by atoms with Gasteiger partial charge in [0.05, 0.1) is 12.2 Å². The van der Waals surface area contributed by atoms with E-state index < -0.39 is 0 Å². The molecule has 4 unspecified atom stereocenters. The molecule has 0 amide bonds. The van der Waals surface area contributed by atoms with E-state index in [1.54, 1.807) is 6.07 Å². The van der Waals surface area contributed by atoms with Crippen molar-refractivity contribution in [3.63, 3.8) is 0 Å². The molecule has 0 spiro atoms. The normalized spacial score (nSPS) is 35.5. The monoisotopic (exact) mass is 298 g/mol. The quantitative estimate of drug-likeness (QED) is 0.850. The second-order valence-electron chi connectivity index (χ2n) is 7.42. The van der Waals surface area contributed by atoms with Crippen LogP contribution in [-0.4, -0.2) is 18.2 Å². The summed E-state index contributed by atoms with van der Waals surface area (Å²) in [5.41, 5.74) is 1.17. The first kappa shape index (κ1) is 14.0. The Balaban J connectivity index is 1.83. The zero-order valence-electron chi connectivity index (χ0n) is 13.2. The third-order valence-corrected chi connectivity index (χ3v) is 6.02. The lowest BCUT2D eigenvalue weighted by Gasteiger charge is -2.39. The van der Waals surface area contributed by atoms with Gasteiger partial charge in [-0.25, -0.2) is 0 Å². The smallest absolute Gasteiger partial charge is 0.171 e. The number of benzene rings is 1. The summed E-state index contributed by atoms with van der Waals surface area (Å²) in [7, 11) is 0. The van der Waals surface area contributed by atoms with Crippen molar-refractivity contribution in [1.82, 2.24) is 0 Å². The predicted octanol–water partition coefficient (Wildman–Crippen LogP) is 3.91. The van der Waals surface area contributed by atoms with Crippen LogP contribution in [0.2, 0.25) is 0 Å². The lowest BCUT2D eigenvalue weighted by Crippen LogP contribution is -2.43. The minimum absolute atomic E-state index is 0.0278. The van der Waals surface area contributed by atoms with Gasteiger partial charge in [-0.05, 0) is 43.1 Å². The van der Waals surface area contributed by atoms with Gasteiger partial charge in [0.15, 0.2) is 11.6 Å². The molecule has 0 saturated heterocycles. The van der Waals surface area contributed by atoms with Gasteiger partial charge in [-0.2, -0.15) is 0 Å². The number of ketones is 2. The molecular weight excluding hydrogens is 276 g/mol. The molecule has 116 valence electrons. The summed E-state index contributed by atoms with van der Waals surface area (Å²) in [5, 5.41) is 0. The highest BCUT2D eigenvalue weighted by atomic mass is 16.5. The molecule has 3 heteroatoms. The summed E-state index contributed by atoms with van der Waals surface area (Å²) in [6.07, 6.45) is 4.08. The molecule has 0 aromatic heterocycles. The molecule has 0 heterocycles. The zero-order chi connectivity index (χ0) is 15.5. The molecule has 3 nitrogen and oxygen atoms in total. The second kappa shape index (κ2) is 4.68. The Morgan fingerprint density at radius 3 is 2.86 bits per heavy atom. The predicted molar refractivity (Wildman–Crippen MR) is 83.3 cm³/mol. The van der Waals surface area contributed by atoms with E-state index in [-0.39, 0.29) is 28.8 Å². The van der Waals surface area contributed by atoms with Gasteiger partial charge in [-0.1, -0.05) is 26.0 Å².